The molecular weight excluding hydrogens is 444 g/mol. The van der Waals surface area contributed by atoms with Gasteiger partial charge in [-0.2, -0.15) is 18.3 Å². The standard InChI is InChI=1S/C22H24F4N4O3/c1-3-28-12-15(10-27-28)13-29-14(2)11-30(21(29)31)19-9-17(33-16-4-6-32-7-5-16)8-18(20(19)23)22(24,25)26/h8-12,16H,3-7,13H2,1-2H3. The van der Waals surface area contributed by atoms with Gasteiger partial charge in [-0.1, -0.05) is 0 Å². The first-order chi connectivity index (χ1) is 15.7. The maximum Gasteiger partial charge on any atom is 0.419 e. The zero-order chi connectivity index (χ0) is 23.8. The summed E-state index contributed by atoms with van der Waals surface area (Å²) < 4.78 is 70.7. The van der Waals surface area contributed by atoms with E-state index in [0.29, 0.717) is 44.4 Å². The van der Waals surface area contributed by atoms with Crippen molar-refractivity contribution in [3.05, 3.63) is 63.8 Å². The number of ether oxygens (including phenoxy) is 2. The van der Waals surface area contributed by atoms with Crippen molar-refractivity contribution in [3.63, 3.8) is 0 Å². The molecule has 0 aliphatic carbocycles. The van der Waals surface area contributed by atoms with Crippen LogP contribution in [-0.4, -0.2) is 38.2 Å². The van der Waals surface area contributed by atoms with Gasteiger partial charge in [0.2, 0.25) is 0 Å². The predicted octanol–water partition coefficient (Wildman–Crippen LogP) is 3.93. The summed E-state index contributed by atoms with van der Waals surface area (Å²) in [5, 5.41) is 4.16. The van der Waals surface area contributed by atoms with Crippen LogP contribution in [0.25, 0.3) is 5.69 Å². The van der Waals surface area contributed by atoms with Crippen LogP contribution in [0.4, 0.5) is 17.6 Å². The van der Waals surface area contributed by atoms with Crippen molar-refractivity contribution in [3.8, 4) is 11.4 Å². The van der Waals surface area contributed by atoms with Gasteiger partial charge < -0.3 is 9.47 Å². The van der Waals surface area contributed by atoms with E-state index in [9.17, 15) is 18.0 Å². The fourth-order valence-corrected chi connectivity index (χ4v) is 3.82. The topological polar surface area (TPSA) is 63.2 Å². The van der Waals surface area contributed by atoms with Gasteiger partial charge >= 0.3 is 11.9 Å². The average molecular weight is 468 g/mol. The van der Waals surface area contributed by atoms with Gasteiger partial charge in [0.1, 0.15) is 11.9 Å². The third-order valence-electron chi connectivity index (χ3n) is 5.59. The van der Waals surface area contributed by atoms with Crippen molar-refractivity contribution < 1.29 is 27.0 Å². The molecule has 1 fully saturated rings. The van der Waals surface area contributed by atoms with Crippen LogP contribution in [-0.2, 0) is 24.0 Å². The summed E-state index contributed by atoms with van der Waals surface area (Å²) in [6.45, 7) is 5.22. The Balaban J connectivity index is 1.75. The zero-order valence-electron chi connectivity index (χ0n) is 18.2. The molecule has 2 aromatic heterocycles. The smallest absolute Gasteiger partial charge is 0.419 e. The third-order valence-corrected chi connectivity index (χ3v) is 5.59. The second kappa shape index (κ2) is 9.05. The molecule has 0 amide bonds. The zero-order valence-corrected chi connectivity index (χ0v) is 18.2. The van der Waals surface area contributed by atoms with Gasteiger partial charge in [-0.15, -0.1) is 0 Å². The molecule has 0 spiro atoms. The van der Waals surface area contributed by atoms with Crippen molar-refractivity contribution in [2.75, 3.05) is 13.2 Å². The van der Waals surface area contributed by atoms with E-state index in [1.54, 1.807) is 24.0 Å². The number of rotatable bonds is 6. The molecule has 0 radical (unpaired) electrons. The average Bonchev–Trinajstić information content (AvgIpc) is 3.34. The molecule has 0 atom stereocenters. The molecule has 0 N–H and O–H groups in total. The van der Waals surface area contributed by atoms with Gasteiger partial charge in [0.25, 0.3) is 0 Å². The molecule has 1 aliphatic heterocycles. The van der Waals surface area contributed by atoms with Crippen LogP contribution < -0.4 is 10.4 Å². The molecule has 3 heterocycles. The van der Waals surface area contributed by atoms with Gasteiger partial charge in [0.15, 0.2) is 5.82 Å². The highest BCUT2D eigenvalue weighted by molar-refractivity contribution is 5.46. The lowest BCUT2D eigenvalue weighted by Gasteiger charge is -2.24. The molecule has 4 rings (SSSR count). The lowest BCUT2D eigenvalue weighted by Crippen LogP contribution is -2.27. The van der Waals surface area contributed by atoms with Gasteiger partial charge in [-0.3, -0.25) is 13.8 Å². The van der Waals surface area contributed by atoms with Crippen LogP contribution in [0.1, 0.15) is 36.6 Å². The molecular formula is C22H24F4N4O3. The van der Waals surface area contributed by atoms with Gasteiger partial charge in [-0.25, -0.2) is 9.18 Å². The predicted molar refractivity (Wildman–Crippen MR) is 111 cm³/mol. The maximum atomic E-state index is 15.0. The number of alkyl halides is 3. The molecule has 1 aromatic carbocycles. The largest absolute Gasteiger partial charge is 0.490 e. The van der Waals surface area contributed by atoms with Crippen molar-refractivity contribution in [2.24, 2.45) is 0 Å². The Labute approximate surface area is 187 Å². The van der Waals surface area contributed by atoms with E-state index >= 15 is 4.39 Å². The first kappa shape index (κ1) is 23.1. The molecule has 0 unspecified atom stereocenters. The lowest BCUT2D eigenvalue weighted by molar-refractivity contribution is -0.140. The summed E-state index contributed by atoms with van der Waals surface area (Å²) in [7, 11) is 0. The lowest BCUT2D eigenvalue weighted by atomic mass is 10.1. The number of imidazole rings is 1. The van der Waals surface area contributed by atoms with E-state index in [-0.39, 0.29) is 18.4 Å². The summed E-state index contributed by atoms with van der Waals surface area (Å²) in [5.74, 6) is -1.67. The summed E-state index contributed by atoms with van der Waals surface area (Å²) in [6, 6.07) is 1.78. The number of nitrogens with zero attached hydrogens (tertiary/aromatic N) is 4. The number of halogens is 4. The van der Waals surface area contributed by atoms with Crippen LogP contribution >= 0.6 is 0 Å². The third kappa shape index (κ3) is 4.82. The molecule has 33 heavy (non-hydrogen) atoms. The van der Waals surface area contributed by atoms with E-state index in [1.807, 2.05) is 6.92 Å². The SMILES string of the molecule is CCn1cc(Cn2c(C)cn(-c3cc(OC4CCOCC4)cc(C(F)(F)F)c3F)c2=O)cn1. The van der Waals surface area contributed by atoms with Crippen molar-refractivity contribution in [1.29, 1.82) is 0 Å². The molecule has 0 bridgehead atoms. The quantitative estimate of drug-likeness (QED) is 0.515. The highest BCUT2D eigenvalue weighted by Crippen LogP contribution is 2.37. The van der Waals surface area contributed by atoms with E-state index in [1.165, 1.54) is 10.8 Å². The highest BCUT2D eigenvalue weighted by Gasteiger charge is 2.37. The van der Waals surface area contributed by atoms with E-state index in [2.05, 4.69) is 5.10 Å². The van der Waals surface area contributed by atoms with Crippen LogP contribution in [0.2, 0.25) is 0 Å². The monoisotopic (exact) mass is 468 g/mol. The van der Waals surface area contributed by atoms with Crippen LogP contribution in [0.5, 0.6) is 5.75 Å². The maximum absolute atomic E-state index is 15.0. The Kier molecular flexibility index (Phi) is 6.33. The highest BCUT2D eigenvalue weighted by atomic mass is 19.4. The molecule has 178 valence electrons. The van der Waals surface area contributed by atoms with Crippen molar-refractivity contribution in [2.45, 2.75) is 52.1 Å². The van der Waals surface area contributed by atoms with Crippen LogP contribution in [0.3, 0.4) is 0 Å². The molecule has 3 aromatic rings. The van der Waals surface area contributed by atoms with Crippen molar-refractivity contribution in [1.82, 2.24) is 18.9 Å². The Morgan fingerprint density at radius 1 is 1.21 bits per heavy atom. The Bertz CT molecular complexity index is 1190. The summed E-state index contributed by atoms with van der Waals surface area (Å²) in [5.41, 5.74) is -1.45. The summed E-state index contributed by atoms with van der Waals surface area (Å²) in [6.07, 6.45) is 0.416. The molecule has 1 aliphatic rings. The van der Waals surface area contributed by atoms with Crippen LogP contribution in [0, 0.1) is 12.7 Å². The second-order valence-electron chi connectivity index (χ2n) is 7.94. The summed E-state index contributed by atoms with van der Waals surface area (Å²) >= 11 is 0. The van der Waals surface area contributed by atoms with E-state index < -0.39 is 28.9 Å². The number of hydrogen-bond acceptors (Lipinski definition) is 4. The van der Waals surface area contributed by atoms with E-state index in [4.69, 9.17) is 9.47 Å². The Morgan fingerprint density at radius 3 is 2.58 bits per heavy atom. The number of hydrogen-bond donors (Lipinski definition) is 0. The van der Waals surface area contributed by atoms with Crippen molar-refractivity contribution >= 4 is 0 Å². The molecule has 11 heteroatoms. The summed E-state index contributed by atoms with van der Waals surface area (Å²) in [4.78, 5) is 13.1. The molecule has 0 saturated carbocycles. The fraction of sp³-hybridized carbons (Fsp3) is 0.455. The fourth-order valence-electron chi connectivity index (χ4n) is 3.82. The number of aromatic nitrogens is 4. The Morgan fingerprint density at radius 2 is 1.94 bits per heavy atom. The minimum atomic E-state index is -4.95. The molecule has 7 nitrogen and oxygen atoms in total. The Hall–Kier alpha value is -3.08. The minimum absolute atomic E-state index is 0.146. The molecule has 1 saturated heterocycles. The van der Waals surface area contributed by atoms with Crippen LogP contribution in [0.15, 0.2) is 35.5 Å². The number of aryl methyl sites for hydroxylation is 2. The van der Waals surface area contributed by atoms with Gasteiger partial charge in [-0.05, 0) is 19.9 Å². The van der Waals surface area contributed by atoms with Gasteiger partial charge in [0, 0.05) is 49.1 Å². The second-order valence-corrected chi connectivity index (χ2v) is 7.94. The minimum Gasteiger partial charge on any atom is -0.490 e. The van der Waals surface area contributed by atoms with E-state index in [0.717, 1.165) is 16.2 Å². The van der Waals surface area contributed by atoms with Gasteiger partial charge in [0.05, 0.1) is 37.2 Å². The first-order valence-corrected chi connectivity index (χ1v) is 10.6. The first-order valence-electron chi connectivity index (χ1n) is 10.6. The normalized spacial score (nSPS) is 15.2. The number of benzene rings is 1.